The molecule has 0 bridgehead atoms. The first-order valence-electron chi connectivity index (χ1n) is 10.1. The lowest BCUT2D eigenvalue weighted by Gasteiger charge is -2.33. The van der Waals surface area contributed by atoms with Crippen molar-refractivity contribution < 1.29 is 14.3 Å². The zero-order valence-corrected chi connectivity index (χ0v) is 18.2. The summed E-state index contributed by atoms with van der Waals surface area (Å²) < 4.78 is 11.0. The molecule has 0 unspecified atom stereocenters. The Morgan fingerprint density at radius 1 is 0.900 bits per heavy atom. The summed E-state index contributed by atoms with van der Waals surface area (Å²) in [7, 11) is 0. The van der Waals surface area contributed by atoms with Crippen LogP contribution in [0.15, 0.2) is 36.4 Å². The maximum absolute atomic E-state index is 12.8. The van der Waals surface area contributed by atoms with Crippen LogP contribution in [0.4, 0.5) is 17.1 Å². The highest BCUT2D eigenvalue weighted by Gasteiger charge is 2.20. The predicted octanol–water partition coefficient (Wildman–Crippen LogP) is 3.85. The van der Waals surface area contributed by atoms with Gasteiger partial charge in [-0.2, -0.15) is 0 Å². The summed E-state index contributed by atoms with van der Waals surface area (Å²) >= 11 is 12.5. The van der Waals surface area contributed by atoms with Gasteiger partial charge in [-0.3, -0.25) is 4.79 Å². The fourth-order valence-corrected chi connectivity index (χ4v) is 4.30. The minimum absolute atomic E-state index is 0.117. The van der Waals surface area contributed by atoms with E-state index < -0.39 is 0 Å². The SMILES string of the molecule is O=C(Cc1c(Cl)cccc1Cl)Nc1ccc(N2CCOCC2)cc1N1CCOCC1. The van der Waals surface area contributed by atoms with Gasteiger partial charge in [-0.25, -0.2) is 0 Å². The fraction of sp³-hybridized carbons (Fsp3) is 0.409. The molecule has 6 nitrogen and oxygen atoms in total. The summed E-state index contributed by atoms with van der Waals surface area (Å²) in [6.45, 7) is 6.08. The Labute approximate surface area is 186 Å². The molecule has 2 aromatic carbocycles. The van der Waals surface area contributed by atoms with Crippen molar-refractivity contribution >= 4 is 46.2 Å². The summed E-state index contributed by atoms with van der Waals surface area (Å²) in [6, 6.07) is 11.4. The van der Waals surface area contributed by atoms with Crippen LogP contribution in [0.3, 0.4) is 0 Å². The van der Waals surface area contributed by atoms with Crippen molar-refractivity contribution in [2.75, 3.05) is 67.7 Å². The van der Waals surface area contributed by atoms with Crippen molar-refractivity contribution in [2.45, 2.75) is 6.42 Å². The Bertz CT molecular complexity index is 877. The van der Waals surface area contributed by atoms with E-state index in [4.69, 9.17) is 32.7 Å². The third kappa shape index (κ3) is 5.01. The van der Waals surface area contributed by atoms with Crippen LogP contribution in [0.1, 0.15) is 5.56 Å². The number of hydrogen-bond acceptors (Lipinski definition) is 5. The first kappa shape index (κ1) is 21.2. The highest BCUT2D eigenvalue weighted by Crippen LogP contribution is 2.33. The van der Waals surface area contributed by atoms with E-state index in [0.717, 1.165) is 56.5 Å². The van der Waals surface area contributed by atoms with Crippen molar-refractivity contribution in [3.05, 3.63) is 52.0 Å². The number of benzene rings is 2. The third-order valence-corrected chi connectivity index (χ3v) is 6.09. The zero-order valence-electron chi connectivity index (χ0n) is 16.7. The normalized spacial score (nSPS) is 17.1. The van der Waals surface area contributed by atoms with Gasteiger partial charge in [0.1, 0.15) is 0 Å². The molecule has 4 rings (SSSR count). The Balaban J connectivity index is 1.57. The maximum atomic E-state index is 12.8. The number of ether oxygens (including phenoxy) is 2. The van der Waals surface area contributed by atoms with E-state index >= 15 is 0 Å². The van der Waals surface area contributed by atoms with E-state index in [1.54, 1.807) is 18.2 Å². The van der Waals surface area contributed by atoms with E-state index in [0.29, 0.717) is 28.8 Å². The number of morpholine rings is 2. The summed E-state index contributed by atoms with van der Waals surface area (Å²) in [5.74, 6) is -0.154. The first-order valence-corrected chi connectivity index (χ1v) is 10.9. The molecule has 0 saturated carbocycles. The fourth-order valence-electron chi connectivity index (χ4n) is 3.77. The first-order chi connectivity index (χ1) is 14.6. The number of carbonyl (C=O) groups is 1. The zero-order chi connectivity index (χ0) is 20.9. The minimum Gasteiger partial charge on any atom is -0.378 e. The number of nitrogens with one attached hydrogen (secondary N) is 1. The molecule has 0 spiro atoms. The van der Waals surface area contributed by atoms with Crippen molar-refractivity contribution in [1.29, 1.82) is 0 Å². The Morgan fingerprint density at radius 3 is 2.13 bits per heavy atom. The predicted molar refractivity (Wildman–Crippen MR) is 121 cm³/mol. The van der Waals surface area contributed by atoms with Crippen LogP contribution in [0, 0.1) is 0 Å². The summed E-state index contributed by atoms with van der Waals surface area (Å²) in [5, 5.41) is 4.05. The molecule has 0 aromatic heterocycles. The van der Waals surface area contributed by atoms with Crippen LogP contribution in [-0.2, 0) is 20.7 Å². The molecule has 2 fully saturated rings. The number of halogens is 2. The number of nitrogens with zero attached hydrogens (tertiary/aromatic N) is 2. The molecule has 1 amide bonds. The Hall–Kier alpha value is -1.99. The number of amides is 1. The largest absolute Gasteiger partial charge is 0.378 e. The van der Waals surface area contributed by atoms with Crippen LogP contribution in [0.5, 0.6) is 0 Å². The van der Waals surface area contributed by atoms with Crippen LogP contribution < -0.4 is 15.1 Å². The Morgan fingerprint density at radius 2 is 1.50 bits per heavy atom. The number of rotatable bonds is 5. The highest BCUT2D eigenvalue weighted by atomic mass is 35.5. The quantitative estimate of drug-likeness (QED) is 0.750. The lowest BCUT2D eigenvalue weighted by atomic mass is 10.1. The summed E-state index contributed by atoms with van der Waals surface area (Å²) in [4.78, 5) is 17.4. The molecule has 2 aromatic rings. The molecule has 2 aliphatic heterocycles. The van der Waals surface area contributed by atoms with Crippen molar-refractivity contribution in [2.24, 2.45) is 0 Å². The lowest BCUT2D eigenvalue weighted by Crippen LogP contribution is -2.38. The summed E-state index contributed by atoms with van der Waals surface area (Å²) in [5.41, 5.74) is 3.55. The van der Waals surface area contributed by atoms with Gasteiger partial charge in [-0.05, 0) is 35.9 Å². The van der Waals surface area contributed by atoms with Gasteiger partial charge in [0, 0.05) is 41.9 Å². The minimum atomic E-state index is -0.154. The van der Waals surface area contributed by atoms with Gasteiger partial charge in [0.15, 0.2) is 0 Å². The number of anilines is 3. The van der Waals surface area contributed by atoms with Gasteiger partial charge in [-0.1, -0.05) is 29.3 Å². The number of hydrogen-bond donors (Lipinski definition) is 1. The monoisotopic (exact) mass is 449 g/mol. The summed E-state index contributed by atoms with van der Waals surface area (Å²) in [6.07, 6.45) is 0.117. The third-order valence-electron chi connectivity index (χ3n) is 5.38. The van der Waals surface area contributed by atoms with Gasteiger partial charge in [0.2, 0.25) is 5.91 Å². The van der Waals surface area contributed by atoms with Gasteiger partial charge in [0.25, 0.3) is 0 Å². The average molecular weight is 450 g/mol. The number of carbonyl (C=O) groups excluding carboxylic acids is 1. The maximum Gasteiger partial charge on any atom is 0.228 e. The molecule has 8 heteroatoms. The molecule has 30 heavy (non-hydrogen) atoms. The molecule has 0 aliphatic carbocycles. The van der Waals surface area contributed by atoms with Gasteiger partial charge >= 0.3 is 0 Å². The Kier molecular flexibility index (Phi) is 7.00. The smallest absolute Gasteiger partial charge is 0.228 e. The second-order valence-corrected chi connectivity index (χ2v) is 8.14. The standard InChI is InChI=1S/C22H25Cl2N3O3/c23-18-2-1-3-19(24)17(18)15-22(28)25-20-5-4-16(26-6-10-29-11-7-26)14-21(20)27-8-12-30-13-9-27/h1-5,14H,6-13,15H2,(H,25,28). The molecule has 0 atom stereocenters. The second kappa shape index (κ2) is 9.88. The van der Waals surface area contributed by atoms with Gasteiger partial charge in [0.05, 0.1) is 44.2 Å². The topological polar surface area (TPSA) is 54.0 Å². The van der Waals surface area contributed by atoms with E-state index in [1.165, 1.54) is 0 Å². The molecule has 0 radical (unpaired) electrons. The van der Waals surface area contributed by atoms with Gasteiger partial charge in [-0.15, -0.1) is 0 Å². The van der Waals surface area contributed by atoms with Crippen molar-refractivity contribution in [1.82, 2.24) is 0 Å². The molecule has 2 aliphatic rings. The van der Waals surface area contributed by atoms with E-state index in [2.05, 4.69) is 21.2 Å². The van der Waals surface area contributed by atoms with E-state index in [-0.39, 0.29) is 12.3 Å². The van der Waals surface area contributed by atoms with E-state index in [9.17, 15) is 4.79 Å². The molecule has 2 heterocycles. The second-order valence-electron chi connectivity index (χ2n) is 7.33. The molecular weight excluding hydrogens is 425 g/mol. The van der Waals surface area contributed by atoms with E-state index in [1.807, 2.05) is 12.1 Å². The van der Waals surface area contributed by atoms with Crippen LogP contribution in [-0.4, -0.2) is 58.5 Å². The molecular formula is C22H25Cl2N3O3. The van der Waals surface area contributed by atoms with Crippen LogP contribution >= 0.6 is 23.2 Å². The van der Waals surface area contributed by atoms with Crippen molar-refractivity contribution in [3.8, 4) is 0 Å². The highest BCUT2D eigenvalue weighted by molar-refractivity contribution is 6.36. The van der Waals surface area contributed by atoms with Crippen LogP contribution in [0.25, 0.3) is 0 Å². The molecule has 1 N–H and O–H groups in total. The van der Waals surface area contributed by atoms with Gasteiger partial charge < -0.3 is 24.6 Å². The molecule has 2 saturated heterocycles. The van der Waals surface area contributed by atoms with Crippen molar-refractivity contribution in [3.63, 3.8) is 0 Å². The van der Waals surface area contributed by atoms with Crippen LogP contribution in [0.2, 0.25) is 10.0 Å². The lowest BCUT2D eigenvalue weighted by molar-refractivity contribution is -0.115. The average Bonchev–Trinajstić information content (AvgIpc) is 2.78. The molecule has 160 valence electrons.